The Kier molecular flexibility index (Phi) is 3.28. The summed E-state index contributed by atoms with van der Waals surface area (Å²) in [6, 6.07) is 1.81. The first-order chi connectivity index (χ1) is 7.98. The Morgan fingerprint density at radius 3 is 2.65 bits per heavy atom. The maximum absolute atomic E-state index is 5.61. The standard InChI is InChI=1S/C12H18N4S/c1-8-7-9(10(13)17)15-11(14-8)16-12(2)5-3-4-6-12/h7H,3-6H2,1-2H3,(H2,13,17)(H,14,15,16). The van der Waals surface area contributed by atoms with Crippen molar-refractivity contribution in [2.24, 2.45) is 5.73 Å². The highest BCUT2D eigenvalue weighted by molar-refractivity contribution is 7.80. The topological polar surface area (TPSA) is 63.8 Å². The van der Waals surface area contributed by atoms with E-state index in [-0.39, 0.29) is 5.54 Å². The van der Waals surface area contributed by atoms with Crippen LogP contribution in [-0.2, 0) is 0 Å². The zero-order valence-corrected chi connectivity index (χ0v) is 11.1. The third-order valence-corrected chi connectivity index (χ3v) is 3.44. The Balaban J connectivity index is 2.23. The Hall–Kier alpha value is -1.23. The number of aromatic nitrogens is 2. The van der Waals surface area contributed by atoms with E-state index >= 15 is 0 Å². The van der Waals surface area contributed by atoms with E-state index in [0.717, 1.165) is 18.5 Å². The fraction of sp³-hybridized carbons (Fsp3) is 0.583. The molecule has 1 fully saturated rings. The molecule has 1 aromatic rings. The van der Waals surface area contributed by atoms with Crippen LogP contribution in [0.15, 0.2) is 6.07 Å². The molecule has 92 valence electrons. The Bertz CT molecular complexity index is 438. The van der Waals surface area contributed by atoms with E-state index in [0.29, 0.717) is 16.6 Å². The summed E-state index contributed by atoms with van der Waals surface area (Å²) in [5.41, 5.74) is 7.24. The molecule has 0 aromatic carbocycles. The van der Waals surface area contributed by atoms with Crippen LogP contribution in [0.2, 0.25) is 0 Å². The van der Waals surface area contributed by atoms with Crippen LogP contribution in [0.1, 0.15) is 44.0 Å². The summed E-state index contributed by atoms with van der Waals surface area (Å²) in [4.78, 5) is 9.06. The summed E-state index contributed by atoms with van der Waals surface area (Å²) in [6.45, 7) is 4.14. The monoisotopic (exact) mass is 250 g/mol. The number of nitrogens with two attached hydrogens (primary N) is 1. The first-order valence-electron chi connectivity index (χ1n) is 5.92. The minimum absolute atomic E-state index is 0.112. The van der Waals surface area contributed by atoms with Crippen molar-refractivity contribution in [1.82, 2.24) is 9.97 Å². The molecule has 1 saturated carbocycles. The fourth-order valence-electron chi connectivity index (χ4n) is 2.30. The second kappa shape index (κ2) is 4.56. The fourth-order valence-corrected chi connectivity index (χ4v) is 2.41. The van der Waals surface area contributed by atoms with Gasteiger partial charge in [-0.1, -0.05) is 25.1 Å². The number of aryl methyl sites for hydroxylation is 1. The number of rotatable bonds is 3. The van der Waals surface area contributed by atoms with Crippen molar-refractivity contribution in [3.05, 3.63) is 17.5 Å². The van der Waals surface area contributed by atoms with Crippen molar-refractivity contribution in [3.63, 3.8) is 0 Å². The lowest BCUT2D eigenvalue weighted by Gasteiger charge is -2.25. The lowest BCUT2D eigenvalue weighted by atomic mass is 10.0. The molecule has 1 aliphatic rings. The van der Waals surface area contributed by atoms with Crippen molar-refractivity contribution in [2.45, 2.75) is 45.1 Å². The van der Waals surface area contributed by atoms with Gasteiger partial charge in [0.15, 0.2) is 0 Å². The Labute approximate surface area is 107 Å². The van der Waals surface area contributed by atoms with E-state index in [1.54, 1.807) is 0 Å². The van der Waals surface area contributed by atoms with E-state index < -0.39 is 0 Å². The van der Waals surface area contributed by atoms with E-state index in [9.17, 15) is 0 Å². The third-order valence-electron chi connectivity index (χ3n) is 3.23. The zero-order chi connectivity index (χ0) is 12.5. The Morgan fingerprint density at radius 1 is 1.41 bits per heavy atom. The van der Waals surface area contributed by atoms with Gasteiger partial charge in [0.05, 0.1) is 0 Å². The quantitative estimate of drug-likeness (QED) is 0.805. The van der Waals surface area contributed by atoms with Crippen LogP contribution in [0, 0.1) is 6.92 Å². The van der Waals surface area contributed by atoms with Gasteiger partial charge in [-0.2, -0.15) is 0 Å². The van der Waals surface area contributed by atoms with Crippen LogP contribution >= 0.6 is 12.2 Å². The zero-order valence-electron chi connectivity index (χ0n) is 10.3. The van der Waals surface area contributed by atoms with Crippen molar-refractivity contribution in [1.29, 1.82) is 0 Å². The molecule has 1 heterocycles. The van der Waals surface area contributed by atoms with Gasteiger partial charge in [-0.25, -0.2) is 9.97 Å². The van der Waals surface area contributed by atoms with Gasteiger partial charge in [-0.3, -0.25) is 0 Å². The summed E-state index contributed by atoms with van der Waals surface area (Å²) in [5.74, 6) is 0.636. The molecule has 0 unspecified atom stereocenters. The molecule has 0 aliphatic heterocycles. The largest absolute Gasteiger partial charge is 0.388 e. The van der Waals surface area contributed by atoms with Crippen LogP contribution in [0.25, 0.3) is 0 Å². The molecule has 0 radical (unpaired) electrons. The average Bonchev–Trinajstić information content (AvgIpc) is 2.63. The first kappa shape index (κ1) is 12.2. The molecule has 1 aliphatic carbocycles. The van der Waals surface area contributed by atoms with E-state index in [2.05, 4.69) is 22.2 Å². The van der Waals surface area contributed by atoms with Crippen LogP contribution in [-0.4, -0.2) is 20.5 Å². The highest BCUT2D eigenvalue weighted by Crippen LogP contribution is 2.31. The molecule has 0 bridgehead atoms. The van der Waals surface area contributed by atoms with Gasteiger partial charge in [0, 0.05) is 11.2 Å². The number of nitrogens with one attached hydrogen (secondary N) is 1. The molecule has 5 heteroatoms. The molecule has 4 nitrogen and oxygen atoms in total. The van der Waals surface area contributed by atoms with Gasteiger partial charge < -0.3 is 11.1 Å². The molecule has 0 amide bonds. The van der Waals surface area contributed by atoms with Gasteiger partial charge in [0.2, 0.25) is 5.95 Å². The van der Waals surface area contributed by atoms with E-state index in [4.69, 9.17) is 18.0 Å². The van der Waals surface area contributed by atoms with Crippen LogP contribution < -0.4 is 11.1 Å². The predicted molar refractivity (Wildman–Crippen MR) is 73.2 cm³/mol. The smallest absolute Gasteiger partial charge is 0.223 e. The highest BCUT2D eigenvalue weighted by Gasteiger charge is 2.29. The van der Waals surface area contributed by atoms with Crippen molar-refractivity contribution < 1.29 is 0 Å². The normalized spacial score (nSPS) is 18.0. The molecule has 0 atom stereocenters. The van der Waals surface area contributed by atoms with Crippen LogP contribution in [0.3, 0.4) is 0 Å². The molecule has 17 heavy (non-hydrogen) atoms. The summed E-state index contributed by atoms with van der Waals surface area (Å²) in [6.07, 6.45) is 4.84. The van der Waals surface area contributed by atoms with E-state index in [1.165, 1.54) is 12.8 Å². The van der Waals surface area contributed by atoms with Gasteiger partial charge >= 0.3 is 0 Å². The van der Waals surface area contributed by atoms with Gasteiger partial charge in [0.1, 0.15) is 10.7 Å². The number of nitrogens with zero attached hydrogens (tertiary/aromatic N) is 2. The molecule has 0 saturated heterocycles. The second-order valence-electron chi connectivity index (χ2n) is 4.98. The SMILES string of the molecule is Cc1cc(C(N)=S)nc(NC2(C)CCCC2)n1. The highest BCUT2D eigenvalue weighted by atomic mass is 32.1. The Morgan fingerprint density at radius 2 is 2.06 bits per heavy atom. The molecule has 3 N–H and O–H groups in total. The van der Waals surface area contributed by atoms with Crippen LogP contribution in [0.5, 0.6) is 0 Å². The molecule has 2 rings (SSSR count). The minimum Gasteiger partial charge on any atom is -0.388 e. The summed E-state index contributed by atoms with van der Waals surface area (Å²) < 4.78 is 0. The molecule has 1 aromatic heterocycles. The maximum atomic E-state index is 5.61. The summed E-state index contributed by atoms with van der Waals surface area (Å²) in [7, 11) is 0. The van der Waals surface area contributed by atoms with Gasteiger partial charge in [-0.05, 0) is 32.8 Å². The lowest BCUT2D eigenvalue weighted by molar-refractivity contribution is 0.528. The van der Waals surface area contributed by atoms with Gasteiger partial charge in [-0.15, -0.1) is 0 Å². The first-order valence-corrected chi connectivity index (χ1v) is 6.33. The van der Waals surface area contributed by atoms with Crippen LogP contribution in [0.4, 0.5) is 5.95 Å². The van der Waals surface area contributed by atoms with Crippen molar-refractivity contribution in [2.75, 3.05) is 5.32 Å². The van der Waals surface area contributed by atoms with Crippen molar-refractivity contribution >= 4 is 23.2 Å². The van der Waals surface area contributed by atoms with Gasteiger partial charge in [0.25, 0.3) is 0 Å². The molecular formula is C12H18N4S. The number of anilines is 1. The predicted octanol–water partition coefficient (Wildman–Crippen LogP) is 2.16. The summed E-state index contributed by atoms with van der Waals surface area (Å²) in [5, 5.41) is 3.42. The van der Waals surface area contributed by atoms with E-state index in [1.807, 2.05) is 13.0 Å². The lowest BCUT2D eigenvalue weighted by Crippen LogP contribution is -2.32. The van der Waals surface area contributed by atoms with Crippen molar-refractivity contribution in [3.8, 4) is 0 Å². The average molecular weight is 250 g/mol. The minimum atomic E-state index is 0.112. The molecular weight excluding hydrogens is 232 g/mol. The number of hydrogen-bond acceptors (Lipinski definition) is 4. The molecule has 0 spiro atoms. The summed E-state index contributed by atoms with van der Waals surface area (Å²) >= 11 is 4.95. The third kappa shape index (κ3) is 2.91. The number of thiocarbonyl (C=S) groups is 1. The maximum Gasteiger partial charge on any atom is 0.223 e. The number of hydrogen-bond donors (Lipinski definition) is 2. The second-order valence-corrected chi connectivity index (χ2v) is 5.42.